The zero-order chi connectivity index (χ0) is 19.9. The molecule has 5 nitrogen and oxygen atoms in total. The molecule has 0 fully saturated rings. The predicted molar refractivity (Wildman–Crippen MR) is 79.3 cm³/mol. The fourth-order valence-corrected chi connectivity index (χ4v) is 2.27. The molecular formula is C15H13F6N3O2. The Kier molecular flexibility index (Phi) is 5.02. The molecule has 1 aromatic carbocycles. The van der Waals surface area contributed by atoms with Crippen LogP contribution in [0, 0.1) is 0 Å². The van der Waals surface area contributed by atoms with E-state index < -0.39 is 52.7 Å². The van der Waals surface area contributed by atoms with Crippen LogP contribution >= 0.6 is 0 Å². The molecule has 0 spiro atoms. The second-order valence-corrected chi connectivity index (χ2v) is 5.77. The van der Waals surface area contributed by atoms with E-state index in [1.54, 1.807) is 13.8 Å². The smallest absolute Gasteiger partial charge is 0.352 e. The van der Waals surface area contributed by atoms with Crippen LogP contribution in [-0.2, 0) is 23.7 Å². The average molecular weight is 381 g/mol. The number of nitrogens with one attached hydrogen (secondary N) is 1. The van der Waals surface area contributed by atoms with Crippen LogP contribution in [0.2, 0.25) is 0 Å². The fourth-order valence-electron chi connectivity index (χ4n) is 2.27. The molecule has 0 atom stereocenters. The van der Waals surface area contributed by atoms with Gasteiger partial charge in [0.05, 0.1) is 16.6 Å². The Morgan fingerprint density at radius 1 is 1.15 bits per heavy atom. The highest BCUT2D eigenvalue weighted by Crippen LogP contribution is 2.32. The first-order valence-corrected chi connectivity index (χ1v) is 7.29. The molecule has 0 aliphatic carbocycles. The Hall–Kier alpha value is -2.59. The van der Waals surface area contributed by atoms with Crippen LogP contribution in [-0.4, -0.2) is 21.5 Å². The molecule has 26 heavy (non-hydrogen) atoms. The zero-order valence-electron chi connectivity index (χ0n) is 13.5. The first kappa shape index (κ1) is 19.7. The number of carbonyl (C=O) groups excluding carboxylic acids is 1. The molecule has 0 saturated carbocycles. The molecule has 1 heterocycles. The molecule has 142 valence electrons. The van der Waals surface area contributed by atoms with E-state index in [9.17, 15) is 35.9 Å². The van der Waals surface area contributed by atoms with Gasteiger partial charge in [0.25, 0.3) is 5.56 Å². The van der Waals surface area contributed by atoms with Crippen LogP contribution in [0.15, 0.2) is 23.0 Å². The monoisotopic (exact) mass is 381 g/mol. The van der Waals surface area contributed by atoms with E-state index in [1.807, 2.05) is 0 Å². The van der Waals surface area contributed by atoms with Crippen molar-refractivity contribution in [3.63, 3.8) is 0 Å². The highest BCUT2D eigenvalue weighted by atomic mass is 19.4. The molecule has 0 radical (unpaired) electrons. The summed E-state index contributed by atoms with van der Waals surface area (Å²) in [7, 11) is 0. The molecule has 2 aromatic rings. The minimum atomic E-state index is -5.12. The summed E-state index contributed by atoms with van der Waals surface area (Å²) in [6, 6.07) is 1.40. The summed E-state index contributed by atoms with van der Waals surface area (Å²) in [4.78, 5) is 27.1. The number of alkyl halides is 6. The number of nitrogens with zero attached hydrogens (tertiary/aromatic N) is 2. The van der Waals surface area contributed by atoms with Gasteiger partial charge in [-0.2, -0.15) is 26.3 Å². The number of halogens is 6. The number of fused-ring (bicyclic) bond motifs is 1. The van der Waals surface area contributed by atoms with Gasteiger partial charge < -0.3 is 5.32 Å². The zero-order valence-corrected chi connectivity index (χ0v) is 13.5. The van der Waals surface area contributed by atoms with Crippen molar-refractivity contribution in [2.45, 2.75) is 38.8 Å². The quantitative estimate of drug-likeness (QED) is 0.832. The lowest BCUT2D eigenvalue weighted by molar-refractivity contribution is -0.142. The summed E-state index contributed by atoms with van der Waals surface area (Å²) in [5, 5.41) is 2.36. The lowest BCUT2D eigenvalue weighted by Gasteiger charge is -2.16. The van der Waals surface area contributed by atoms with Crippen LogP contribution in [0.4, 0.5) is 26.3 Å². The summed E-state index contributed by atoms with van der Waals surface area (Å²) in [6.45, 7) is 2.28. The highest BCUT2D eigenvalue weighted by Gasteiger charge is 2.38. The molecular weight excluding hydrogens is 368 g/mol. The van der Waals surface area contributed by atoms with E-state index >= 15 is 0 Å². The van der Waals surface area contributed by atoms with Crippen LogP contribution in [0.1, 0.15) is 25.1 Å². The van der Waals surface area contributed by atoms with Crippen molar-refractivity contribution in [1.82, 2.24) is 14.9 Å². The second-order valence-electron chi connectivity index (χ2n) is 5.77. The van der Waals surface area contributed by atoms with Crippen LogP contribution in [0.3, 0.4) is 0 Å². The molecule has 0 bridgehead atoms. The fraction of sp³-hybridized carbons (Fsp3) is 0.400. The van der Waals surface area contributed by atoms with Gasteiger partial charge in [0.2, 0.25) is 11.6 Å². The molecule has 0 aliphatic heterocycles. The van der Waals surface area contributed by atoms with Crippen molar-refractivity contribution < 1.29 is 31.1 Å². The molecule has 0 aliphatic rings. The number of rotatable bonds is 3. The number of aromatic nitrogens is 2. The van der Waals surface area contributed by atoms with Crippen molar-refractivity contribution in [2.24, 2.45) is 0 Å². The molecule has 1 N–H and O–H groups in total. The summed E-state index contributed by atoms with van der Waals surface area (Å²) in [5.41, 5.74) is -5.67. The Morgan fingerprint density at radius 2 is 1.77 bits per heavy atom. The first-order valence-electron chi connectivity index (χ1n) is 7.29. The number of benzene rings is 1. The van der Waals surface area contributed by atoms with Gasteiger partial charge in [0.15, 0.2) is 0 Å². The van der Waals surface area contributed by atoms with Gasteiger partial charge in [-0.25, -0.2) is 4.98 Å². The van der Waals surface area contributed by atoms with Crippen molar-refractivity contribution in [2.75, 3.05) is 0 Å². The number of hydrogen-bond acceptors (Lipinski definition) is 3. The van der Waals surface area contributed by atoms with E-state index in [0.717, 1.165) is 6.07 Å². The summed E-state index contributed by atoms with van der Waals surface area (Å²) < 4.78 is 78.0. The lowest BCUT2D eigenvalue weighted by atomic mass is 10.1. The van der Waals surface area contributed by atoms with Crippen LogP contribution in [0.25, 0.3) is 11.0 Å². The van der Waals surface area contributed by atoms with Crippen molar-refractivity contribution in [1.29, 1.82) is 0 Å². The van der Waals surface area contributed by atoms with Gasteiger partial charge in [-0.3, -0.25) is 14.2 Å². The van der Waals surface area contributed by atoms with E-state index in [1.165, 1.54) is 0 Å². The summed E-state index contributed by atoms with van der Waals surface area (Å²) >= 11 is 0. The molecule has 1 aromatic heterocycles. The van der Waals surface area contributed by atoms with Crippen molar-refractivity contribution >= 4 is 16.9 Å². The van der Waals surface area contributed by atoms with E-state index in [-0.39, 0.29) is 6.04 Å². The number of amides is 1. The van der Waals surface area contributed by atoms with Crippen molar-refractivity contribution in [3.8, 4) is 0 Å². The number of hydrogen-bond donors (Lipinski definition) is 1. The SMILES string of the molecule is CC(C)NC(=O)Cn1c(=O)c(C(F)(F)F)nc2ccc(C(F)(F)F)cc21. The Labute approximate surface area is 142 Å². The predicted octanol–water partition coefficient (Wildman–Crippen LogP) is 2.96. The highest BCUT2D eigenvalue weighted by molar-refractivity contribution is 5.81. The van der Waals surface area contributed by atoms with Gasteiger partial charge in [0.1, 0.15) is 6.54 Å². The third-order valence-electron chi connectivity index (χ3n) is 3.29. The second kappa shape index (κ2) is 6.61. The maximum absolute atomic E-state index is 13.0. The Morgan fingerprint density at radius 3 is 2.27 bits per heavy atom. The lowest BCUT2D eigenvalue weighted by Crippen LogP contribution is -2.38. The minimum absolute atomic E-state index is 0.345. The van der Waals surface area contributed by atoms with Gasteiger partial charge >= 0.3 is 12.4 Å². The molecule has 1 amide bonds. The maximum atomic E-state index is 13.0. The summed E-state index contributed by atoms with van der Waals surface area (Å²) in [6.07, 6.45) is -9.90. The number of carbonyl (C=O) groups is 1. The molecule has 11 heteroatoms. The van der Waals surface area contributed by atoms with Crippen LogP contribution < -0.4 is 10.9 Å². The molecule has 0 saturated heterocycles. The topological polar surface area (TPSA) is 64.0 Å². The minimum Gasteiger partial charge on any atom is -0.352 e. The van der Waals surface area contributed by atoms with Crippen LogP contribution in [0.5, 0.6) is 0 Å². The third-order valence-corrected chi connectivity index (χ3v) is 3.29. The molecule has 0 unspecified atom stereocenters. The van der Waals surface area contributed by atoms with E-state index in [2.05, 4.69) is 10.3 Å². The summed E-state index contributed by atoms with van der Waals surface area (Å²) in [5.74, 6) is -0.819. The third kappa shape index (κ3) is 4.14. The first-order chi connectivity index (χ1) is 11.8. The average Bonchev–Trinajstić information content (AvgIpc) is 2.46. The van der Waals surface area contributed by atoms with E-state index in [4.69, 9.17) is 0 Å². The Bertz CT molecular complexity index is 899. The van der Waals surface area contributed by atoms with Gasteiger partial charge in [-0.15, -0.1) is 0 Å². The van der Waals surface area contributed by atoms with Crippen molar-refractivity contribution in [3.05, 3.63) is 39.8 Å². The normalized spacial score (nSPS) is 12.7. The Balaban J connectivity index is 2.75. The van der Waals surface area contributed by atoms with Gasteiger partial charge in [-0.1, -0.05) is 0 Å². The standard InChI is InChI=1S/C15H13F6N3O2/c1-7(2)22-11(25)6-24-10-5-8(14(16,17)18)3-4-9(10)23-12(13(24)26)15(19,20)21/h3-5,7H,6H2,1-2H3,(H,22,25). The largest absolute Gasteiger partial charge is 0.438 e. The maximum Gasteiger partial charge on any atom is 0.438 e. The molecule has 2 rings (SSSR count). The van der Waals surface area contributed by atoms with E-state index in [0.29, 0.717) is 16.7 Å². The van der Waals surface area contributed by atoms with Gasteiger partial charge in [-0.05, 0) is 32.0 Å². The van der Waals surface area contributed by atoms with Gasteiger partial charge in [0, 0.05) is 6.04 Å².